The zero-order chi connectivity index (χ0) is 14.7. The van der Waals surface area contributed by atoms with E-state index in [2.05, 4.69) is 37.2 Å². The quantitative estimate of drug-likeness (QED) is 0.765. The first kappa shape index (κ1) is 14.9. The third-order valence-electron chi connectivity index (χ3n) is 2.60. The maximum absolute atomic E-state index is 12.2. The molecule has 0 spiro atoms. The number of rotatable bonds is 3. The van der Waals surface area contributed by atoms with Crippen LogP contribution in [0.1, 0.15) is 10.4 Å². The summed E-state index contributed by atoms with van der Waals surface area (Å²) in [4.78, 5) is 12.2. The average molecular weight is 400 g/mol. The largest absolute Gasteiger partial charge is 0.497 e. The maximum atomic E-state index is 12.2. The Labute approximate surface area is 133 Å². The Morgan fingerprint density at radius 3 is 2.60 bits per heavy atom. The number of nitrogen functional groups attached to an aromatic ring is 1. The molecule has 20 heavy (non-hydrogen) atoms. The molecule has 1 amide bonds. The van der Waals surface area contributed by atoms with Gasteiger partial charge in [-0.1, -0.05) is 15.9 Å². The molecule has 0 bridgehead atoms. The summed E-state index contributed by atoms with van der Waals surface area (Å²) in [5.74, 6) is 0.421. The number of methoxy groups -OCH3 is 1. The number of nitrogens with two attached hydrogens (primary N) is 1. The smallest absolute Gasteiger partial charge is 0.255 e. The second kappa shape index (κ2) is 6.28. The van der Waals surface area contributed by atoms with E-state index >= 15 is 0 Å². The van der Waals surface area contributed by atoms with E-state index in [0.29, 0.717) is 22.7 Å². The monoisotopic (exact) mass is 398 g/mol. The molecule has 0 atom stereocenters. The van der Waals surface area contributed by atoms with E-state index in [0.717, 1.165) is 8.95 Å². The predicted molar refractivity (Wildman–Crippen MR) is 87.2 cm³/mol. The fourth-order valence-electron chi connectivity index (χ4n) is 1.67. The summed E-state index contributed by atoms with van der Waals surface area (Å²) in [5, 5.41) is 2.81. The van der Waals surface area contributed by atoms with Gasteiger partial charge in [-0.25, -0.2) is 0 Å². The van der Waals surface area contributed by atoms with Gasteiger partial charge in [0.1, 0.15) is 5.75 Å². The van der Waals surface area contributed by atoms with Crippen molar-refractivity contribution in [3.8, 4) is 5.75 Å². The van der Waals surface area contributed by atoms with Crippen molar-refractivity contribution in [2.75, 3.05) is 18.2 Å². The van der Waals surface area contributed by atoms with Gasteiger partial charge in [-0.15, -0.1) is 0 Å². The summed E-state index contributed by atoms with van der Waals surface area (Å²) >= 11 is 6.70. The van der Waals surface area contributed by atoms with Gasteiger partial charge >= 0.3 is 0 Å². The van der Waals surface area contributed by atoms with E-state index in [1.165, 1.54) is 0 Å². The first-order valence-corrected chi connectivity index (χ1v) is 7.29. The van der Waals surface area contributed by atoms with Gasteiger partial charge in [0.05, 0.1) is 12.8 Å². The number of benzene rings is 2. The van der Waals surface area contributed by atoms with Crippen LogP contribution in [0.25, 0.3) is 0 Å². The summed E-state index contributed by atoms with van der Waals surface area (Å²) < 4.78 is 6.67. The van der Waals surface area contributed by atoms with Gasteiger partial charge in [0.2, 0.25) is 0 Å². The number of carbonyl (C=O) groups is 1. The topological polar surface area (TPSA) is 64.3 Å². The molecule has 0 saturated heterocycles. The van der Waals surface area contributed by atoms with Gasteiger partial charge < -0.3 is 15.8 Å². The number of hydrogen-bond donors (Lipinski definition) is 2. The van der Waals surface area contributed by atoms with E-state index in [9.17, 15) is 4.79 Å². The van der Waals surface area contributed by atoms with E-state index in [4.69, 9.17) is 10.5 Å². The molecule has 4 nitrogen and oxygen atoms in total. The van der Waals surface area contributed by atoms with Crippen molar-refractivity contribution in [3.05, 3.63) is 50.9 Å². The van der Waals surface area contributed by atoms with Crippen LogP contribution in [0.5, 0.6) is 5.75 Å². The third-order valence-corrected chi connectivity index (χ3v) is 3.75. The van der Waals surface area contributed by atoms with Gasteiger partial charge in [0, 0.05) is 26.3 Å². The molecule has 0 fully saturated rings. The summed E-state index contributed by atoms with van der Waals surface area (Å²) in [6, 6.07) is 10.4. The van der Waals surface area contributed by atoms with Crippen molar-refractivity contribution in [3.63, 3.8) is 0 Å². The molecule has 0 aromatic heterocycles. The minimum Gasteiger partial charge on any atom is -0.497 e. The van der Waals surface area contributed by atoms with E-state index in [-0.39, 0.29) is 5.91 Å². The number of anilines is 2. The number of carbonyl (C=O) groups excluding carboxylic acids is 1. The molecule has 2 aromatic carbocycles. The van der Waals surface area contributed by atoms with Crippen LogP contribution in [0, 0.1) is 0 Å². The molecule has 104 valence electrons. The maximum Gasteiger partial charge on any atom is 0.255 e. The Kier molecular flexibility index (Phi) is 4.67. The third kappa shape index (κ3) is 3.52. The van der Waals surface area contributed by atoms with Crippen LogP contribution >= 0.6 is 31.9 Å². The number of halogens is 2. The highest BCUT2D eigenvalue weighted by Gasteiger charge is 2.10. The van der Waals surface area contributed by atoms with Gasteiger partial charge in [-0.2, -0.15) is 0 Å². The molecule has 2 rings (SSSR count). The van der Waals surface area contributed by atoms with Gasteiger partial charge in [-0.05, 0) is 46.3 Å². The number of ether oxygens (including phenoxy) is 1. The highest BCUT2D eigenvalue weighted by molar-refractivity contribution is 9.10. The van der Waals surface area contributed by atoms with E-state index in [1.807, 2.05) is 6.07 Å². The van der Waals surface area contributed by atoms with Crippen molar-refractivity contribution in [2.24, 2.45) is 0 Å². The fraction of sp³-hybridized carbons (Fsp3) is 0.0714. The van der Waals surface area contributed by atoms with Crippen LogP contribution in [0.3, 0.4) is 0 Å². The lowest BCUT2D eigenvalue weighted by molar-refractivity contribution is 0.102. The number of nitrogens with one attached hydrogen (secondary N) is 1. The molecule has 0 aliphatic rings. The van der Waals surface area contributed by atoms with E-state index in [1.54, 1.807) is 37.4 Å². The molecule has 0 saturated carbocycles. The van der Waals surface area contributed by atoms with Crippen molar-refractivity contribution >= 4 is 49.1 Å². The van der Waals surface area contributed by atoms with Crippen molar-refractivity contribution in [2.45, 2.75) is 0 Å². The summed E-state index contributed by atoms with van der Waals surface area (Å²) in [7, 11) is 1.57. The Morgan fingerprint density at radius 1 is 1.20 bits per heavy atom. The normalized spacial score (nSPS) is 10.2. The van der Waals surface area contributed by atoms with Crippen LogP contribution < -0.4 is 15.8 Å². The summed E-state index contributed by atoms with van der Waals surface area (Å²) in [5.41, 5.74) is 7.36. The van der Waals surface area contributed by atoms with Gasteiger partial charge in [0.15, 0.2) is 0 Å². The van der Waals surface area contributed by atoms with Crippen molar-refractivity contribution in [1.29, 1.82) is 0 Å². The van der Waals surface area contributed by atoms with Crippen molar-refractivity contribution in [1.82, 2.24) is 0 Å². The lowest BCUT2D eigenvalue weighted by atomic mass is 10.2. The molecule has 6 heteroatoms. The van der Waals surface area contributed by atoms with Crippen LogP contribution in [-0.2, 0) is 0 Å². The second-order valence-electron chi connectivity index (χ2n) is 4.07. The van der Waals surface area contributed by atoms with Crippen LogP contribution in [0.15, 0.2) is 45.3 Å². The summed E-state index contributed by atoms with van der Waals surface area (Å²) in [6.07, 6.45) is 0. The zero-order valence-electron chi connectivity index (χ0n) is 10.6. The Bertz CT molecular complexity index is 639. The molecule has 0 aliphatic heterocycles. The van der Waals surface area contributed by atoms with Crippen LogP contribution in [-0.4, -0.2) is 13.0 Å². The lowest BCUT2D eigenvalue weighted by Crippen LogP contribution is -2.12. The number of amides is 1. The van der Waals surface area contributed by atoms with E-state index < -0.39 is 0 Å². The van der Waals surface area contributed by atoms with Crippen molar-refractivity contribution < 1.29 is 9.53 Å². The fourth-order valence-corrected chi connectivity index (χ4v) is 2.52. The standard InChI is InChI=1S/C14H12Br2N2O2/c1-20-11-2-3-12(16)13(7-11)18-14(19)8-4-9(15)6-10(17)5-8/h2-7H,17H2,1H3,(H,18,19). The van der Waals surface area contributed by atoms with Gasteiger partial charge in [-0.3, -0.25) is 4.79 Å². The molecular weight excluding hydrogens is 388 g/mol. The van der Waals surface area contributed by atoms with Crippen LogP contribution in [0.2, 0.25) is 0 Å². The molecule has 3 N–H and O–H groups in total. The molecule has 0 radical (unpaired) electrons. The van der Waals surface area contributed by atoms with Gasteiger partial charge in [0.25, 0.3) is 5.91 Å². The second-order valence-corrected chi connectivity index (χ2v) is 5.84. The highest BCUT2D eigenvalue weighted by Crippen LogP contribution is 2.28. The minimum atomic E-state index is -0.244. The Morgan fingerprint density at radius 2 is 1.95 bits per heavy atom. The summed E-state index contributed by atoms with van der Waals surface area (Å²) in [6.45, 7) is 0. The molecule has 0 unspecified atom stereocenters. The number of hydrogen-bond acceptors (Lipinski definition) is 3. The Hall–Kier alpha value is -1.53. The lowest BCUT2D eigenvalue weighted by Gasteiger charge is -2.10. The molecule has 0 aliphatic carbocycles. The minimum absolute atomic E-state index is 0.244. The molecule has 0 heterocycles. The SMILES string of the molecule is COc1ccc(Br)c(NC(=O)c2cc(N)cc(Br)c2)c1. The Balaban J connectivity index is 2.27. The van der Waals surface area contributed by atoms with Crippen LogP contribution in [0.4, 0.5) is 11.4 Å². The zero-order valence-corrected chi connectivity index (χ0v) is 13.8. The first-order valence-electron chi connectivity index (χ1n) is 5.70. The average Bonchev–Trinajstić information content (AvgIpc) is 2.40. The predicted octanol–water partition coefficient (Wildman–Crippen LogP) is 4.05. The molecule has 2 aromatic rings. The first-order chi connectivity index (χ1) is 9.49. The molecular formula is C14H12Br2N2O2. The highest BCUT2D eigenvalue weighted by atomic mass is 79.9.